The number of hydrogen-bond acceptors (Lipinski definition) is 14. The number of nitrogens with zero attached hydrogens (tertiary/aromatic N) is 1. The van der Waals surface area contributed by atoms with E-state index in [1.165, 1.54) is 39.3 Å². The van der Waals surface area contributed by atoms with Crippen molar-refractivity contribution in [1.29, 1.82) is 0 Å². The predicted octanol–water partition coefficient (Wildman–Crippen LogP) is 1.26. The standard InChI is InChI=1S/C31H35NO13/c1-13(33)31(39)11-16-22(28(37)24-23(26(16)35)25(34)15-6-5-7-17(40-3)21(15)27(24)36)18(12-31)45-20-10-19(43-14(2)44-20)32-8-9-42-30(41-4)29(32)38/h5-7,14,18-20,29-30,35,37-39H,8-12H2,1-4H3/t14-,18-,19+,20-,29+,30-,31-/m0/s1. The van der Waals surface area contributed by atoms with Gasteiger partial charge in [-0.25, -0.2) is 4.90 Å². The van der Waals surface area contributed by atoms with Crippen LogP contribution in [0, 0.1) is 0 Å². The van der Waals surface area contributed by atoms with Crippen molar-refractivity contribution in [3.05, 3.63) is 51.6 Å². The quantitative estimate of drug-likeness (QED) is 0.285. The van der Waals surface area contributed by atoms with Crippen molar-refractivity contribution in [1.82, 2.24) is 4.90 Å². The van der Waals surface area contributed by atoms with Crippen LogP contribution in [0.4, 0.5) is 0 Å². The molecular formula is C31H35NO13. The highest BCUT2D eigenvalue weighted by Crippen LogP contribution is 2.52. The Hall–Kier alpha value is -3.47. The van der Waals surface area contributed by atoms with Gasteiger partial charge in [-0.3, -0.25) is 14.4 Å². The molecule has 4 N–H and O–H groups in total. The SMILES string of the molecule is COc1cccc2c1C(=O)c1c(O)c3c(c(O)c1C2=O)C[C@@](O)(C(C)=O)C[C@@H]3O[C@H]1C[C@H](N2CCO[C@H](OC)[C@H]2O)O[C@H](C)O1. The number of morpholine rings is 1. The average Bonchev–Trinajstić information content (AvgIpc) is 3.00. The number of carbonyl (C=O) groups is 3. The molecule has 7 atom stereocenters. The molecule has 0 spiro atoms. The van der Waals surface area contributed by atoms with Crippen LogP contribution in [0.5, 0.6) is 17.2 Å². The van der Waals surface area contributed by atoms with E-state index in [4.69, 9.17) is 28.4 Å². The van der Waals surface area contributed by atoms with E-state index < -0.39 is 89.4 Å². The van der Waals surface area contributed by atoms with E-state index in [1.807, 2.05) is 0 Å². The fourth-order valence-electron chi connectivity index (χ4n) is 6.68. The first-order valence-electron chi connectivity index (χ1n) is 14.5. The van der Waals surface area contributed by atoms with Gasteiger partial charge in [-0.05, 0) is 19.9 Å². The minimum Gasteiger partial charge on any atom is -0.507 e. The van der Waals surface area contributed by atoms with Gasteiger partial charge in [0.25, 0.3) is 0 Å². The molecule has 2 saturated heterocycles. The Labute approximate surface area is 258 Å². The molecule has 2 aliphatic heterocycles. The number of ether oxygens (including phenoxy) is 6. The summed E-state index contributed by atoms with van der Waals surface area (Å²) in [7, 11) is 2.74. The summed E-state index contributed by atoms with van der Waals surface area (Å²) in [5.41, 5.74) is -3.16. The van der Waals surface area contributed by atoms with Crippen LogP contribution >= 0.6 is 0 Å². The van der Waals surface area contributed by atoms with Crippen molar-refractivity contribution in [3.63, 3.8) is 0 Å². The number of phenolic OH excluding ortho intramolecular Hbond substituents is 2. The van der Waals surface area contributed by atoms with Gasteiger partial charge in [0.05, 0.1) is 36.5 Å². The zero-order valence-corrected chi connectivity index (χ0v) is 25.1. The molecule has 2 aliphatic carbocycles. The lowest BCUT2D eigenvalue weighted by molar-refractivity contribution is -0.359. The van der Waals surface area contributed by atoms with Gasteiger partial charge in [0, 0.05) is 49.6 Å². The second kappa shape index (κ2) is 11.7. The van der Waals surface area contributed by atoms with Crippen molar-refractivity contribution < 1.29 is 63.2 Å². The lowest BCUT2D eigenvalue weighted by atomic mass is 9.72. The fraction of sp³-hybridized carbons (Fsp3) is 0.516. The van der Waals surface area contributed by atoms with E-state index in [1.54, 1.807) is 11.8 Å². The van der Waals surface area contributed by atoms with Crippen molar-refractivity contribution in [2.45, 2.75) is 76.1 Å². The monoisotopic (exact) mass is 629 g/mol. The third kappa shape index (κ3) is 5.11. The molecule has 14 heteroatoms. The van der Waals surface area contributed by atoms with Crippen LogP contribution in [0.2, 0.25) is 0 Å². The highest BCUT2D eigenvalue weighted by atomic mass is 16.8. The Balaban J connectivity index is 1.41. The van der Waals surface area contributed by atoms with E-state index >= 15 is 0 Å². The van der Waals surface area contributed by atoms with E-state index in [9.17, 15) is 34.8 Å². The van der Waals surface area contributed by atoms with Gasteiger partial charge in [-0.15, -0.1) is 0 Å². The zero-order valence-electron chi connectivity index (χ0n) is 25.1. The summed E-state index contributed by atoms with van der Waals surface area (Å²) in [6.07, 6.45) is -6.71. The fourth-order valence-corrected chi connectivity index (χ4v) is 6.68. The highest BCUT2D eigenvalue weighted by molar-refractivity contribution is 6.31. The molecule has 0 radical (unpaired) electrons. The number of rotatable bonds is 6. The Morgan fingerprint density at radius 3 is 2.49 bits per heavy atom. The second-order valence-electron chi connectivity index (χ2n) is 11.6. The molecule has 2 aromatic rings. The third-order valence-electron chi connectivity index (χ3n) is 8.95. The molecule has 0 saturated carbocycles. The molecule has 2 heterocycles. The molecular weight excluding hydrogens is 594 g/mol. The highest BCUT2D eigenvalue weighted by Gasteiger charge is 2.50. The van der Waals surface area contributed by atoms with Crippen LogP contribution in [0.3, 0.4) is 0 Å². The normalized spacial score (nSPS) is 31.6. The minimum atomic E-state index is -2.04. The summed E-state index contributed by atoms with van der Waals surface area (Å²) in [5.74, 6) is -3.25. The number of phenols is 2. The summed E-state index contributed by atoms with van der Waals surface area (Å²) in [5, 5.41) is 45.4. The van der Waals surface area contributed by atoms with Gasteiger partial charge < -0.3 is 48.8 Å². The van der Waals surface area contributed by atoms with E-state index in [2.05, 4.69) is 0 Å². The molecule has 14 nitrogen and oxygen atoms in total. The summed E-state index contributed by atoms with van der Waals surface area (Å²) in [6.45, 7) is 3.38. The molecule has 2 aromatic carbocycles. The molecule has 242 valence electrons. The smallest absolute Gasteiger partial charge is 0.202 e. The number of aliphatic hydroxyl groups excluding tert-OH is 1. The maximum atomic E-state index is 13.8. The number of hydrogen-bond donors (Lipinski definition) is 4. The zero-order chi connectivity index (χ0) is 32.4. The third-order valence-corrected chi connectivity index (χ3v) is 8.95. The largest absolute Gasteiger partial charge is 0.507 e. The maximum absolute atomic E-state index is 13.8. The summed E-state index contributed by atoms with van der Waals surface area (Å²) in [6, 6.07) is 4.44. The van der Waals surface area contributed by atoms with Gasteiger partial charge in [-0.1, -0.05) is 12.1 Å². The van der Waals surface area contributed by atoms with Gasteiger partial charge in [0.2, 0.25) is 5.78 Å². The summed E-state index contributed by atoms with van der Waals surface area (Å²) < 4.78 is 34.1. The van der Waals surface area contributed by atoms with Crippen molar-refractivity contribution in [3.8, 4) is 17.2 Å². The van der Waals surface area contributed by atoms with Gasteiger partial charge in [0.1, 0.15) is 29.1 Å². The van der Waals surface area contributed by atoms with Gasteiger partial charge >= 0.3 is 0 Å². The average molecular weight is 630 g/mol. The number of aromatic hydroxyl groups is 2. The molecule has 0 amide bonds. The Morgan fingerprint density at radius 1 is 1.07 bits per heavy atom. The van der Waals surface area contributed by atoms with E-state index in [0.717, 1.165) is 0 Å². The Morgan fingerprint density at radius 2 is 1.80 bits per heavy atom. The van der Waals surface area contributed by atoms with Crippen LogP contribution in [0.15, 0.2) is 18.2 Å². The van der Waals surface area contributed by atoms with Crippen molar-refractivity contribution in [2.24, 2.45) is 0 Å². The maximum Gasteiger partial charge on any atom is 0.202 e. The lowest BCUT2D eigenvalue weighted by Crippen LogP contribution is -2.59. The Kier molecular flexibility index (Phi) is 8.20. The number of methoxy groups -OCH3 is 2. The van der Waals surface area contributed by atoms with Gasteiger partial charge in [-0.2, -0.15) is 0 Å². The predicted molar refractivity (Wildman–Crippen MR) is 151 cm³/mol. The number of Topliss-reactive ketones (excluding diaryl/α,β-unsaturated/α-hetero) is 1. The number of aliphatic hydroxyl groups is 2. The van der Waals surface area contributed by atoms with Crippen LogP contribution in [-0.2, 0) is 34.9 Å². The van der Waals surface area contributed by atoms with Crippen LogP contribution < -0.4 is 4.74 Å². The molecule has 0 aromatic heterocycles. The molecule has 6 rings (SSSR count). The van der Waals surface area contributed by atoms with Crippen LogP contribution in [-0.4, -0.2) is 107 Å². The molecule has 45 heavy (non-hydrogen) atoms. The number of carbonyl (C=O) groups excluding carboxylic acids is 3. The first-order chi connectivity index (χ1) is 21.4. The topological polar surface area (TPSA) is 191 Å². The molecule has 0 unspecified atom stereocenters. The van der Waals surface area contributed by atoms with Crippen molar-refractivity contribution in [2.75, 3.05) is 27.4 Å². The second-order valence-corrected chi connectivity index (χ2v) is 11.6. The Bertz CT molecular complexity index is 1560. The van der Waals surface area contributed by atoms with E-state index in [0.29, 0.717) is 6.54 Å². The summed E-state index contributed by atoms with van der Waals surface area (Å²) >= 11 is 0. The number of fused-ring (bicyclic) bond motifs is 3. The molecule has 4 aliphatic rings. The van der Waals surface area contributed by atoms with Gasteiger partial charge in [0.15, 0.2) is 36.7 Å². The summed E-state index contributed by atoms with van der Waals surface area (Å²) in [4.78, 5) is 41.8. The minimum absolute atomic E-state index is 0.0245. The number of ketones is 3. The first-order valence-corrected chi connectivity index (χ1v) is 14.5. The number of benzene rings is 2. The molecule has 2 fully saturated rings. The van der Waals surface area contributed by atoms with E-state index in [-0.39, 0.29) is 47.5 Å². The van der Waals surface area contributed by atoms with Crippen LogP contribution in [0.25, 0.3) is 0 Å². The van der Waals surface area contributed by atoms with Crippen molar-refractivity contribution >= 4 is 17.3 Å². The van der Waals surface area contributed by atoms with Crippen LogP contribution in [0.1, 0.15) is 75.8 Å². The lowest BCUT2D eigenvalue weighted by Gasteiger charge is -2.46. The molecule has 0 bridgehead atoms. The first kappa shape index (κ1) is 31.5.